The largest absolute Gasteiger partial charge is 0.435 e. The van der Waals surface area contributed by atoms with E-state index in [0.29, 0.717) is 24.2 Å². The van der Waals surface area contributed by atoms with Crippen LogP contribution in [0.2, 0.25) is 0 Å². The molecule has 0 aliphatic heterocycles. The Morgan fingerprint density at radius 2 is 0.912 bits per heavy atom. The molecule has 0 spiro atoms. The summed E-state index contributed by atoms with van der Waals surface area (Å²) in [5, 5.41) is 5.58. The van der Waals surface area contributed by atoms with Gasteiger partial charge in [0.1, 0.15) is 11.5 Å². The Bertz CT molecular complexity index is 804. The maximum atomic E-state index is 12.1. The quantitative estimate of drug-likeness (QED) is 0.263. The van der Waals surface area contributed by atoms with E-state index in [9.17, 15) is 27.2 Å². The van der Waals surface area contributed by atoms with Crippen molar-refractivity contribution in [1.29, 1.82) is 0 Å². The zero-order chi connectivity index (χ0) is 24.8. The van der Waals surface area contributed by atoms with Gasteiger partial charge in [0.15, 0.2) is 0 Å². The van der Waals surface area contributed by atoms with Crippen molar-refractivity contribution in [2.45, 2.75) is 51.7 Å². The highest BCUT2D eigenvalue weighted by atomic mass is 19.3. The second-order valence-electron chi connectivity index (χ2n) is 7.44. The fourth-order valence-electron chi connectivity index (χ4n) is 3.14. The summed E-state index contributed by atoms with van der Waals surface area (Å²) in [6.07, 6.45) is 5.52. The molecule has 2 rings (SSSR count). The van der Waals surface area contributed by atoms with Crippen molar-refractivity contribution in [3.8, 4) is 11.5 Å². The molecule has 186 valence electrons. The lowest BCUT2D eigenvalue weighted by Gasteiger charge is -2.08. The van der Waals surface area contributed by atoms with Crippen molar-refractivity contribution >= 4 is 11.8 Å². The molecule has 34 heavy (non-hydrogen) atoms. The molecule has 6 nitrogen and oxygen atoms in total. The summed E-state index contributed by atoms with van der Waals surface area (Å²) in [6, 6.07) is 11.0. The molecule has 0 radical (unpaired) electrons. The molecule has 2 aromatic rings. The molecule has 0 bridgehead atoms. The van der Waals surface area contributed by atoms with Crippen molar-refractivity contribution in [3.63, 3.8) is 0 Å². The van der Waals surface area contributed by atoms with Gasteiger partial charge in [-0.05, 0) is 61.4 Å². The van der Waals surface area contributed by atoms with Gasteiger partial charge < -0.3 is 20.1 Å². The maximum absolute atomic E-state index is 12.1. The minimum atomic E-state index is -2.90. The number of rotatable bonds is 15. The van der Waals surface area contributed by atoms with E-state index in [2.05, 4.69) is 20.1 Å². The van der Waals surface area contributed by atoms with Gasteiger partial charge in [0.05, 0.1) is 0 Å². The summed E-state index contributed by atoms with van der Waals surface area (Å²) in [5.74, 6) is -0.531. The van der Waals surface area contributed by atoms with Gasteiger partial charge in [-0.15, -0.1) is 0 Å². The van der Waals surface area contributed by atoms with E-state index in [0.717, 1.165) is 38.5 Å². The lowest BCUT2D eigenvalue weighted by atomic mass is 10.1. The van der Waals surface area contributed by atoms with Gasteiger partial charge >= 0.3 is 13.2 Å². The fraction of sp³-hybridized carbons (Fsp3) is 0.417. The fourth-order valence-corrected chi connectivity index (χ4v) is 3.14. The zero-order valence-electron chi connectivity index (χ0n) is 18.6. The Morgan fingerprint density at radius 3 is 1.24 bits per heavy atom. The van der Waals surface area contributed by atoms with Crippen LogP contribution in [0.5, 0.6) is 11.5 Å². The van der Waals surface area contributed by atoms with Gasteiger partial charge in [0.25, 0.3) is 11.8 Å². The predicted molar refractivity (Wildman–Crippen MR) is 119 cm³/mol. The Kier molecular flexibility index (Phi) is 11.7. The Balaban J connectivity index is 1.48. The standard InChI is InChI=1S/C24H28F4N2O4/c25-23(26)33-19-11-7-17(8-12-19)21(31)29-15-5-3-1-2-4-6-16-30-22(32)18-9-13-20(14-10-18)34-24(27)28/h7-14,23-24H,1-6,15-16H2,(H,29,31)(H,30,32). The Morgan fingerprint density at radius 1 is 0.588 bits per heavy atom. The molecular weight excluding hydrogens is 456 g/mol. The van der Waals surface area contributed by atoms with E-state index < -0.39 is 13.2 Å². The summed E-state index contributed by atoms with van der Waals surface area (Å²) in [5.41, 5.74) is 0.752. The van der Waals surface area contributed by atoms with Crippen molar-refractivity contribution in [2.24, 2.45) is 0 Å². The van der Waals surface area contributed by atoms with Crippen molar-refractivity contribution in [1.82, 2.24) is 10.6 Å². The molecule has 2 amide bonds. The number of benzene rings is 2. The van der Waals surface area contributed by atoms with Gasteiger partial charge in [-0.25, -0.2) is 0 Å². The van der Waals surface area contributed by atoms with Crippen LogP contribution in [-0.2, 0) is 0 Å². The summed E-state index contributed by atoms with van der Waals surface area (Å²) in [4.78, 5) is 24.1. The van der Waals surface area contributed by atoms with Crippen molar-refractivity contribution in [2.75, 3.05) is 13.1 Å². The number of halogens is 4. The van der Waals surface area contributed by atoms with Crippen LogP contribution in [0.1, 0.15) is 59.2 Å². The highest BCUT2D eigenvalue weighted by molar-refractivity contribution is 5.94. The summed E-state index contributed by atoms with van der Waals surface area (Å²) in [7, 11) is 0. The Hall–Kier alpha value is -3.30. The molecule has 0 aliphatic rings. The van der Waals surface area contributed by atoms with Crippen LogP contribution < -0.4 is 20.1 Å². The molecule has 0 heterocycles. The highest BCUT2D eigenvalue weighted by Gasteiger charge is 2.09. The molecule has 2 aromatic carbocycles. The number of hydrogen-bond donors (Lipinski definition) is 2. The third kappa shape index (κ3) is 10.5. The lowest BCUT2D eigenvalue weighted by Crippen LogP contribution is -2.24. The van der Waals surface area contributed by atoms with E-state index in [1.54, 1.807) is 0 Å². The van der Waals surface area contributed by atoms with Gasteiger partial charge in [0.2, 0.25) is 0 Å². The highest BCUT2D eigenvalue weighted by Crippen LogP contribution is 2.16. The average molecular weight is 484 g/mol. The molecule has 0 saturated heterocycles. The number of unbranched alkanes of at least 4 members (excludes halogenated alkanes) is 5. The summed E-state index contributed by atoms with van der Waals surface area (Å²) >= 11 is 0. The number of alkyl halides is 4. The molecule has 0 atom stereocenters. The van der Waals surface area contributed by atoms with E-state index in [1.807, 2.05) is 0 Å². The first-order valence-electron chi connectivity index (χ1n) is 11.0. The van der Waals surface area contributed by atoms with Crippen molar-refractivity contribution in [3.05, 3.63) is 59.7 Å². The van der Waals surface area contributed by atoms with Gasteiger partial charge in [-0.1, -0.05) is 25.7 Å². The third-order valence-corrected chi connectivity index (χ3v) is 4.86. The molecule has 0 fully saturated rings. The topological polar surface area (TPSA) is 76.7 Å². The second kappa shape index (κ2) is 14.8. The third-order valence-electron chi connectivity index (χ3n) is 4.86. The average Bonchev–Trinajstić information content (AvgIpc) is 2.80. The first-order valence-corrected chi connectivity index (χ1v) is 11.0. The molecule has 0 aromatic heterocycles. The van der Waals surface area contributed by atoms with Crippen LogP contribution >= 0.6 is 0 Å². The van der Waals surface area contributed by atoms with Gasteiger partial charge in [-0.3, -0.25) is 9.59 Å². The van der Waals surface area contributed by atoms with Crippen LogP contribution in [0.3, 0.4) is 0 Å². The number of nitrogens with one attached hydrogen (secondary N) is 2. The number of carbonyl (C=O) groups excluding carboxylic acids is 2. The minimum absolute atomic E-state index is 0.00229. The molecule has 0 saturated carbocycles. The van der Waals surface area contributed by atoms with E-state index >= 15 is 0 Å². The van der Waals surface area contributed by atoms with Crippen molar-refractivity contribution < 1.29 is 36.6 Å². The zero-order valence-corrected chi connectivity index (χ0v) is 18.6. The lowest BCUT2D eigenvalue weighted by molar-refractivity contribution is -0.0505. The molecular formula is C24H28F4N2O4. The van der Waals surface area contributed by atoms with Gasteiger partial charge in [-0.2, -0.15) is 17.6 Å². The van der Waals surface area contributed by atoms with E-state index in [-0.39, 0.29) is 23.3 Å². The maximum Gasteiger partial charge on any atom is 0.387 e. The first kappa shape index (κ1) is 26.9. The number of ether oxygens (including phenoxy) is 2. The summed E-state index contributed by atoms with van der Waals surface area (Å²) < 4.78 is 57.0. The van der Waals surface area contributed by atoms with Crippen LogP contribution in [0.4, 0.5) is 17.6 Å². The minimum Gasteiger partial charge on any atom is -0.435 e. The SMILES string of the molecule is O=C(NCCCCCCCCNC(=O)c1ccc(OC(F)F)cc1)c1ccc(OC(F)F)cc1. The molecule has 0 unspecified atom stereocenters. The van der Waals surface area contributed by atoms with E-state index in [4.69, 9.17) is 0 Å². The Labute approximate surface area is 195 Å². The number of hydrogen-bond acceptors (Lipinski definition) is 4. The molecule has 0 aliphatic carbocycles. The predicted octanol–water partition coefficient (Wildman–Crippen LogP) is 5.39. The van der Waals surface area contributed by atoms with Crippen LogP contribution in [0, 0.1) is 0 Å². The number of amides is 2. The van der Waals surface area contributed by atoms with Crippen LogP contribution in [-0.4, -0.2) is 38.1 Å². The molecule has 10 heteroatoms. The van der Waals surface area contributed by atoms with Crippen LogP contribution in [0.25, 0.3) is 0 Å². The smallest absolute Gasteiger partial charge is 0.387 e. The summed E-state index contributed by atoms with van der Waals surface area (Å²) in [6.45, 7) is -4.77. The monoisotopic (exact) mass is 484 g/mol. The normalized spacial score (nSPS) is 10.9. The van der Waals surface area contributed by atoms with Crippen LogP contribution in [0.15, 0.2) is 48.5 Å². The van der Waals surface area contributed by atoms with E-state index in [1.165, 1.54) is 48.5 Å². The second-order valence-corrected chi connectivity index (χ2v) is 7.44. The number of carbonyl (C=O) groups is 2. The molecule has 2 N–H and O–H groups in total. The van der Waals surface area contributed by atoms with Gasteiger partial charge in [0, 0.05) is 24.2 Å². The first-order chi connectivity index (χ1) is 16.3.